The maximum Gasteiger partial charge on any atom is 0.313 e. The summed E-state index contributed by atoms with van der Waals surface area (Å²) in [6.07, 6.45) is 2.65. The van der Waals surface area contributed by atoms with E-state index in [0.29, 0.717) is 25.1 Å². The lowest BCUT2D eigenvalue weighted by atomic mass is 10.0. The molecule has 0 aromatic heterocycles. The minimum Gasteiger partial charge on any atom is -0.348 e. The molecule has 1 saturated heterocycles. The van der Waals surface area contributed by atoms with Gasteiger partial charge >= 0.3 is 11.8 Å². The number of halogens is 1. The lowest BCUT2D eigenvalue weighted by Gasteiger charge is -2.34. The van der Waals surface area contributed by atoms with Crippen LogP contribution in [0.2, 0.25) is 0 Å². The van der Waals surface area contributed by atoms with Crippen LogP contribution in [0.25, 0.3) is 0 Å². The number of rotatable bonds is 6. The first-order valence-corrected chi connectivity index (χ1v) is 12.1. The van der Waals surface area contributed by atoms with Crippen molar-refractivity contribution in [3.8, 4) is 0 Å². The smallest absolute Gasteiger partial charge is 0.313 e. The second kappa shape index (κ2) is 10.2. The van der Waals surface area contributed by atoms with Gasteiger partial charge in [0.1, 0.15) is 5.82 Å². The summed E-state index contributed by atoms with van der Waals surface area (Å²) >= 11 is 0. The largest absolute Gasteiger partial charge is 0.348 e. The average Bonchev–Trinajstić information content (AvgIpc) is 2.76. The van der Waals surface area contributed by atoms with Crippen molar-refractivity contribution in [1.29, 1.82) is 0 Å². The first-order chi connectivity index (χ1) is 15.2. The molecular formula is C23H28FN3O4S. The van der Waals surface area contributed by atoms with Gasteiger partial charge in [-0.2, -0.15) is 4.31 Å². The Kier molecular flexibility index (Phi) is 7.63. The fraction of sp³-hybridized carbons (Fsp3) is 0.391. The minimum absolute atomic E-state index is 0.0441. The van der Waals surface area contributed by atoms with E-state index in [9.17, 15) is 22.4 Å². The Morgan fingerprint density at radius 3 is 2.44 bits per heavy atom. The van der Waals surface area contributed by atoms with E-state index in [0.717, 1.165) is 36.1 Å². The van der Waals surface area contributed by atoms with E-state index >= 15 is 0 Å². The van der Waals surface area contributed by atoms with Crippen LogP contribution in [0, 0.1) is 19.7 Å². The van der Waals surface area contributed by atoms with Crippen LogP contribution in [0.3, 0.4) is 0 Å². The molecule has 0 unspecified atom stereocenters. The molecule has 0 spiro atoms. The van der Waals surface area contributed by atoms with Crippen molar-refractivity contribution in [3.05, 3.63) is 59.4 Å². The van der Waals surface area contributed by atoms with E-state index in [-0.39, 0.29) is 17.5 Å². The fourth-order valence-corrected chi connectivity index (χ4v) is 5.48. The zero-order chi connectivity index (χ0) is 23.3. The first kappa shape index (κ1) is 23.9. The first-order valence-electron chi connectivity index (χ1n) is 10.6. The number of sulfonamides is 1. The van der Waals surface area contributed by atoms with Crippen molar-refractivity contribution in [2.45, 2.75) is 50.5 Å². The summed E-state index contributed by atoms with van der Waals surface area (Å²) in [5.74, 6) is -2.04. The predicted octanol–water partition coefficient (Wildman–Crippen LogP) is 3.13. The maximum atomic E-state index is 13.2. The molecule has 7 nitrogen and oxygen atoms in total. The highest BCUT2D eigenvalue weighted by atomic mass is 32.2. The standard InChI is InChI=1S/C23H28FN3O4S/c1-16-6-9-19(15-17(16)2)26-23(29)22(28)25-13-12-20-5-3-4-14-27(20)32(30,31)21-10-7-18(24)8-11-21/h6-11,15,20H,3-5,12-14H2,1-2H3,(H,25,28)(H,26,29)/t20-/m0/s1. The Morgan fingerprint density at radius 2 is 1.75 bits per heavy atom. The molecule has 1 atom stereocenters. The SMILES string of the molecule is Cc1ccc(NC(=O)C(=O)NCC[C@@H]2CCCCN2S(=O)(=O)c2ccc(F)cc2)cc1C. The van der Waals surface area contributed by atoms with E-state index in [4.69, 9.17) is 0 Å². The van der Waals surface area contributed by atoms with Gasteiger partial charge in [-0.1, -0.05) is 12.5 Å². The number of anilines is 1. The zero-order valence-corrected chi connectivity index (χ0v) is 19.0. The second-order valence-electron chi connectivity index (χ2n) is 8.02. The highest BCUT2D eigenvalue weighted by Crippen LogP contribution is 2.27. The van der Waals surface area contributed by atoms with E-state index in [2.05, 4.69) is 10.6 Å². The lowest BCUT2D eigenvalue weighted by Crippen LogP contribution is -2.45. The van der Waals surface area contributed by atoms with Crippen LogP contribution in [0.15, 0.2) is 47.4 Å². The lowest BCUT2D eigenvalue weighted by molar-refractivity contribution is -0.136. The third-order valence-corrected chi connectivity index (χ3v) is 7.69. The van der Waals surface area contributed by atoms with Crippen molar-refractivity contribution in [2.75, 3.05) is 18.4 Å². The molecule has 0 bridgehead atoms. The number of nitrogens with zero attached hydrogens (tertiary/aromatic N) is 1. The van der Waals surface area contributed by atoms with E-state index in [1.807, 2.05) is 19.9 Å². The van der Waals surface area contributed by atoms with Crippen molar-refractivity contribution >= 4 is 27.5 Å². The number of piperidine rings is 1. The van der Waals surface area contributed by atoms with Crippen LogP contribution >= 0.6 is 0 Å². The normalized spacial score (nSPS) is 17.0. The van der Waals surface area contributed by atoms with Gasteiger partial charge in [0.15, 0.2) is 0 Å². The Bertz CT molecular complexity index is 1090. The molecule has 1 heterocycles. The van der Waals surface area contributed by atoms with E-state index < -0.39 is 27.7 Å². The number of aryl methyl sites for hydroxylation is 2. The van der Waals surface area contributed by atoms with Crippen LogP contribution in [0.4, 0.5) is 10.1 Å². The number of hydrogen-bond donors (Lipinski definition) is 2. The highest BCUT2D eigenvalue weighted by molar-refractivity contribution is 7.89. The molecule has 1 aliphatic rings. The summed E-state index contributed by atoms with van der Waals surface area (Å²) in [7, 11) is -3.77. The van der Waals surface area contributed by atoms with Gasteiger partial charge in [-0.25, -0.2) is 12.8 Å². The number of carbonyl (C=O) groups is 2. The summed E-state index contributed by atoms with van der Waals surface area (Å²) in [6, 6.07) is 9.85. The van der Waals surface area contributed by atoms with Crippen molar-refractivity contribution in [2.24, 2.45) is 0 Å². The monoisotopic (exact) mass is 461 g/mol. The number of carbonyl (C=O) groups excluding carboxylic acids is 2. The van der Waals surface area contributed by atoms with Gasteiger partial charge in [0.2, 0.25) is 10.0 Å². The van der Waals surface area contributed by atoms with Crippen molar-refractivity contribution in [3.63, 3.8) is 0 Å². The molecule has 2 N–H and O–H groups in total. The van der Waals surface area contributed by atoms with Gasteiger partial charge in [-0.05, 0) is 80.6 Å². The molecule has 0 radical (unpaired) electrons. The van der Waals surface area contributed by atoms with E-state index in [1.54, 1.807) is 12.1 Å². The predicted molar refractivity (Wildman–Crippen MR) is 120 cm³/mol. The maximum absolute atomic E-state index is 13.2. The third-order valence-electron chi connectivity index (χ3n) is 5.73. The summed E-state index contributed by atoms with van der Waals surface area (Å²) in [5.41, 5.74) is 2.63. The average molecular weight is 462 g/mol. The van der Waals surface area contributed by atoms with E-state index in [1.165, 1.54) is 16.4 Å². The Balaban J connectivity index is 1.57. The quantitative estimate of drug-likeness (QED) is 0.646. The molecule has 9 heteroatoms. The van der Waals surface area contributed by atoms with Gasteiger partial charge in [-0.15, -0.1) is 0 Å². The highest BCUT2D eigenvalue weighted by Gasteiger charge is 2.33. The van der Waals surface area contributed by atoms with Gasteiger partial charge in [0, 0.05) is 24.8 Å². The molecule has 2 amide bonds. The molecule has 3 rings (SSSR count). The Morgan fingerprint density at radius 1 is 1.03 bits per heavy atom. The summed E-state index contributed by atoms with van der Waals surface area (Å²) in [5, 5.41) is 5.14. The third kappa shape index (κ3) is 5.72. The number of benzene rings is 2. The zero-order valence-electron chi connectivity index (χ0n) is 18.2. The molecule has 1 fully saturated rings. The molecule has 1 aliphatic heterocycles. The molecule has 172 valence electrons. The molecule has 0 saturated carbocycles. The van der Waals surface area contributed by atoms with Crippen LogP contribution in [-0.2, 0) is 19.6 Å². The van der Waals surface area contributed by atoms with Crippen LogP contribution < -0.4 is 10.6 Å². The summed E-state index contributed by atoms with van der Waals surface area (Å²) in [4.78, 5) is 24.4. The van der Waals surface area contributed by atoms with Crippen LogP contribution in [-0.4, -0.2) is 43.7 Å². The van der Waals surface area contributed by atoms with Crippen LogP contribution in [0.1, 0.15) is 36.8 Å². The molecule has 0 aliphatic carbocycles. The summed E-state index contributed by atoms with van der Waals surface area (Å²) < 4.78 is 40.7. The Labute approximate surface area is 188 Å². The van der Waals surface area contributed by atoms with Crippen LogP contribution in [0.5, 0.6) is 0 Å². The topological polar surface area (TPSA) is 95.6 Å². The number of hydrogen-bond acceptors (Lipinski definition) is 4. The van der Waals surface area contributed by atoms with Crippen molar-refractivity contribution in [1.82, 2.24) is 9.62 Å². The fourth-order valence-electron chi connectivity index (χ4n) is 3.76. The van der Waals surface area contributed by atoms with Gasteiger partial charge in [0.25, 0.3) is 0 Å². The van der Waals surface area contributed by atoms with Crippen molar-refractivity contribution < 1.29 is 22.4 Å². The summed E-state index contributed by atoms with van der Waals surface area (Å²) in [6.45, 7) is 4.41. The van der Waals surface area contributed by atoms with Gasteiger partial charge < -0.3 is 10.6 Å². The molecule has 32 heavy (non-hydrogen) atoms. The number of nitrogens with one attached hydrogen (secondary N) is 2. The molecule has 2 aromatic rings. The number of amides is 2. The molecule has 2 aromatic carbocycles. The second-order valence-corrected chi connectivity index (χ2v) is 9.91. The molecular weight excluding hydrogens is 433 g/mol. The van der Waals surface area contributed by atoms with Gasteiger partial charge in [-0.3, -0.25) is 9.59 Å². The van der Waals surface area contributed by atoms with Gasteiger partial charge in [0.05, 0.1) is 4.90 Å². The Hall–Kier alpha value is -2.78. The minimum atomic E-state index is -3.77.